The molecule has 0 aromatic heterocycles. The van der Waals surface area contributed by atoms with Gasteiger partial charge < -0.3 is 21.9 Å². The highest BCUT2D eigenvalue weighted by Gasteiger charge is 2.31. The number of fused-ring (bicyclic) bond motifs is 1. The van der Waals surface area contributed by atoms with Crippen LogP contribution in [0.5, 0.6) is 0 Å². The number of hydrazine groups is 1. The van der Waals surface area contributed by atoms with Crippen LogP contribution < -0.4 is 16.5 Å². The molecule has 140 valence electrons. The van der Waals surface area contributed by atoms with Gasteiger partial charge in [-0.3, -0.25) is 4.99 Å². The van der Waals surface area contributed by atoms with Crippen LogP contribution in [0.3, 0.4) is 0 Å². The van der Waals surface area contributed by atoms with Crippen LogP contribution in [0.15, 0.2) is 69.8 Å². The second-order valence-electron chi connectivity index (χ2n) is 6.20. The van der Waals surface area contributed by atoms with E-state index in [-0.39, 0.29) is 12.2 Å². The SMILES string of the molecule is CN1NC(C(C=NC(CC=NF)c2cccc(C=N)c2)=CN)=C2C=CNC21. The van der Waals surface area contributed by atoms with Crippen LogP contribution in [0.2, 0.25) is 0 Å². The van der Waals surface area contributed by atoms with Crippen LogP contribution in [0, 0.1) is 5.41 Å². The maximum Gasteiger partial charge on any atom is 0.124 e. The van der Waals surface area contributed by atoms with Gasteiger partial charge in [-0.25, -0.2) is 0 Å². The highest BCUT2D eigenvalue weighted by molar-refractivity contribution is 5.86. The Morgan fingerprint density at radius 2 is 2.33 bits per heavy atom. The number of likely N-dealkylation sites (N-methyl/N-ethyl adjacent to an activating group) is 1. The summed E-state index contributed by atoms with van der Waals surface area (Å²) in [6, 6.07) is 7.10. The van der Waals surface area contributed by atoms with Crippen LogP contribution >= 0.6 is 0 Å². The Kier molecular flexibility index (Phi) is 5.77. The van der Waals surface area contributed by atoms with Crippen LogP contribution in [-0.2, 0) is 0 Å². The van der Waals surface area contributed by atoms with Crippen molar-refractivity contribution in [2.45, 2.75) is 18.6 Å². The van der Waals surface area contributed by atoms with Gasteiger partial charge in [-0.15, -0.1) is 0 Å². The van der Waals surface area contributed by atoms with Crippen molar-refractivity contribution < 1.29 is 4.48 Å². The molecule has 0 amide bonds. The summed E-state index contributed by atoms with van der Waals surface area (Å²) in [6.45, 7) is 0. The summed E-state index contributed by atoms with van der Waals surface area (Å²) in [7, 11) is 1.94. The summed E-state index contributed by atoms with van der Waals surface area (Å²) in [5.74, 6) is 0. The normalized spacial score (nSPS) is 21.0. The molecule has 0 bridgehead atoms. The lowest BCUT2D eigenvalue weighted by atomic mass is 10.0. The largest absolute Gasteiger partial charge is 0.404 e. The van der Waals surface area contributed by atoms with Crippen molar-refractivity contribution in [3.8, 4) is 0 Å². The number of allylic oxidation sites excluding steroid dienone is 1. The first-order valence-electron chi connectivity index (χ1n) is 8.53. The molecule has 0 saturated heterocycles. The molecule has 2 aliphatic heterocycles. The first-order chi connectivity index (χ1) is 13.2. The molecular formula is C19H22FN7. The van der Waals surface area contributed by atoms with Gasteiger partial charge in [0.15, 0.2) is 0 Å². The van der Waals surface area contributed by atoms with Crippen molar-refractivity contribution in [3.05, 3.63) is 70.7 Å². The lowest BCUT2D eigenvalue weighted by molar-refractivity contribution is 0.232. The zero-order chi connectivity index (χ0) is 19.2. The molecule has 0 spiro atoms. The monoisotopic (exact) mass is 367 g/mol. The number of benzene rings is 1. The summed E-state index contributed by atoms with van der Waals surface area (Å²) in [5.41, 5.74) is 13.4. The minimum atomic E-state index is -0.336. The zero-order valence-electron chi connectivity index (χ0n) is 14.9. The van der Waals surface area contributed by atoms with Gasteiger partial charge in [0.2, 0.25) is 0 Å². The molecule has 3 rings (SSSR count). The summed E-state index contributed by atoms with van der Waals surface area (Å²) >= 11 is 0. The molecule has 2 heterocycles. The zero-order valence-corrected chi connectivity index (χ0v) is 14.9. The number of aliphatic imine (C=N–C) groups is 1. The number of halogens is 1. The maximum atomic E-state index is 12.3. The summed E-state index contributed by atoms with van der Waals surface area (Å²) in [6.07, 6.45) is 9.89. The molecule has 1 aromatic rings. The molecule has 2 atom stereocenters. The minimum Gasteiger partial charge on any atom is -0.404 e. The number of hydrogen-bond donors (Lipinski definition) is 4. The lowest BCUT2D eigenvalue weighted by Gasteiger charge is -2.18. The van der Waals surface area contributed by atoms with Crippen LogP contribution in [0.1, 0.15) is 23.6 Å². The Morgan fingerprint density at radius 3 is 3.07 bits per heavy atom. The molecule has 0 radical (unpaired) electrons. The molecule has 2 unspecified atom stereocenters. The van der Waals surface area contributed by atoms with Crippen molar-refractivity contribution >= 4 is 18.6 Å². The van der Waals surface area contributed by atoms with E-state index in [0.29, 0.717) is 6.42 Å². The Balaban J connectivity index is 1.88. The Labute approximate surface area is 157 Å². The van der Waals surface area contributed by atoms with E-state index in [0.717, 1.165) is 28.0 Å². The summed E-state index contributed by atoms with van der Waals surface area (Å²) in [4.78, 5) is 4.62. The first-order valence-corrected chi connectivity index (χ1v) is 8.53. The van der Waals surface area contributed by atoms with E-state index >= 15 is 0 Å². The number of hydrogen-bond acceptors (Lipinski definition) is 7. The van der Waals surface area contributed by atoms with E-state index in [1.54, 1.807) is 6.21 Å². The number of rotatable bonds is 7. The Bertz CT molecular complexity index is 853. The van der Waals surface area contributed by atoms with Gasteiger partial charge in [0, 0.05) is 49.5 Å². The third-order valence-corrected chi connectivity index (χ3v) is 4.50. The fraction of sp³-hybridized carbons (Fsp3) is 0.211. The molecule has 1 aromatic carbocycles. The van der Waals surface area contributed by atoms with Crippen molar-refractivity contribution in [1.29, 1.82) is 5.41 Å². The van der Waals surface area contributed by atoms with Crippen molar-refractivity contribution in [2.75, 3.05) is 7.05 Å². The minimum absolute atomic E-state index is 0.0575. The lowest BCUT2D eigenvalue weighted by Crippen LogP contribution is -2.41. The average Bonchev–Trinajstić information content (AvgIpc) is 3.29. The standard InChI is InChI=1S/C19H22FN7/c1-27-19-16(5-7-23-19)18(26-27)15(11-22)12-24-17(6-8-25-20)14-4-2-3-13(9-14)10-21/h2-5,7-12,17,19,21,23,26H,6,22H2,1H3. The average molecular weight is 367 g/mol. The topological polar surface area (TPSA) is 102 Å². The predicted octanol–water partition coefficient (Wildman–Crippen LogP) is 2.13. The van der Waals surface area contributed by atoms with Gasteiger partial charge in [0.25, 0.3) is 0 Å². The van der Waals surface area contributed by atoms with Gasteiger partial charge >= 0.3 is 0 Å². The molecule has 7 nitrogen and oxygen atoms in total. The quantitative estimate of drug-likeness (QED) is 0.555. The number of nitrogens with two attached hydrogens (primary N) is 1. The van der Waals surface area contributed by atoms with E-state index in [1.807, 2.05) is 48.6 Å². The maximum absolute atomic E-state index is 12.3. The van der Waals surface area contributed by atoms with E-state index in [1.165, 1.54) is 18.6 Å². The number of nitrogens with one attached hydrogen (secondary N) is 3. The number of nitrogens with zero attached hydrogens (tertiary/aromatic N) is 3. The third kappa shape index (κ3) is 3.95. The molecule has 27 heavy (non-hydrogen) atoms. The fourth-order valence-electron chi connectivity index (χ4n) is 3.13. The molecule has 0 saturated carbocycles. The predicted molar refractivity (Wildman–Crippen MR) is 106 cm³/mol. The highest BCUT2D eigenvalue weighted by atomic mass is 19.2. The molecular weight excluding hydrogens is 345 g/mol. The second kappa shape index (κ2) is 8.41. The molecule has 8 heteroatoms. The second-order valence-corrected chi connectivity index (χ2v) is 6.20. The smallest absolute Gasteiger partial charge is 0.124 e. The Hall–Kier alpha value is -3.26. The highest BCUT2D eigenvalue weighted by Crippen LogP contribution is 2.27. The van der Waals surface area contributed by atoms with E-state index in [4.69, 9.17) is 11.1 Å². The van der Waals surface area contributed by atoms with Gasteiger partial charge in [0.05, 0.1) is 11.7 Å². The van der Waals surface area contributed by atoms with E-state index in [2.05, 4.69) is 20.9 Å². The molecule has 0 fully saturated rings. The van der Waals surface area contributed by atoms with Crippen molar-refractivity contribution in [3.63, 3.8) is 0 Å². The Morgan fingerprint density at radius 1 is 1.48 bits per heavy atom. The summed E-state index contributed by atoms with van der Waals surface area (Å²) in [5, 5.41) is 15.2. The third-order valence-electron chi connectivity index (χ3n) is 4.50. The molecule has 5 N–H and O–H groups in total. The van der Waals surface area contributed by atoms with Crippen LogP contribution in [0.4, 0.5) is 4.48 Å². The van der Waals surface area contributed by atoms with Gasteiger partial charge in [0.1, 0.15) is 6.17 Å². The van der Waals surface area contributed by atoms with Gasteiger partial charge in [-0.1, -0.05) is 27.9 Å². The summed E-state index contributed by atoms with van der Waals surface area (Å²) < 4.78 is 12.3. The van der Waals surface area contributed by atoms with Crippen molar-refractivity contribution in [2.24, 2.45) is 15.9 Å². The van der Waals surface area contributed by atoms with Crippen molar-refractivity contribution in [1.82, 2.24) is 15.8 Å². The van der Waals surface area contributed by atoms with Gasteiger partial charge in [-0.05, 0) is 29.5 Å². The van der Waals surface area contributed by atoms with Crippen LogP contribution in [0.25, 0.3) is 0 Å². The van der Waals surface area contributed by atoms with Crippen LogP contribution in [-0.4, -0.2) is 36.9 Å². The fourth-order valence-corrected chi connectivity index (χ4v) is 3.13. The van der Waals surface area contributed by atoms with E-state index in [9.17, 15) is 4.48 Å². The molecule has 2 aliphatic rings. The molecule has 0 aliphatic carbocycles. The first kappa shape index (κ1) is 18.5. The van der Waals surface area contributed by atoms with E-state index < -0.39 is 0 Å². The van der Waals surface area contributed by atoms with Gasteiger partial charge in [-0.2, -0.15) is 5.01 Å².